The Labute approximate surface area is 517 Å². The number of aromatic nitrogens is 1. The number of aliphatic hydroxyl groups excluding tert-OH is 1. The van der Waals surface area contributed by atoms with Gasteiger partial charge in [-0.2, -0.15) is 0 Å². The van der Waals surface area contributed by atoms with Crippen LogP contribution in [0.5, 0.6) is 0 Å². The fourth-order valence-electron chi connectivity index (χ4n) is 12.5. The minimum Gasteiger partial charge on any atom is -0.512 e. The number of rotatable bonds is 24. The van der Waals surface area contributed by atoms with Gasteiger partial charge in [0.25, 0.3) is 0 Å². The maximum Gasteiger partial charge on any atom is 0.191 e. The second-order valence-corrected chi connectivity index (χ2v) is 32.7. The summed E-state index contributed by atoms with van der Waals surface area (Å²) in [5, 5.41) is 18.0. The molecule has 2 heterocycles. The number of benzene rings is 5. The van der Waals surface area contributed by atoms with Crippen LogP contribution in [-0.2, 0) is 68.8 Å². The van der Waals surface area contributed by atoms with Gasteiger partial charge in [-0.25, -0.2) is 0 Å². The fraction of sp³-hybridized carbons (Fsp3) is 0.500. The zero-order valence-corrected chi connectivity index (χ0v) is 58.3. The predicted molar refractivity (Wildman–Crippen MR) is 359 cm³/mol. The maximum absolute atomic E-state index is 11.7. The smallest absolute Gasteiger partial charge is 0.191 e. The normalized spacial score (nSPS) is 12.5. The molecule has 0 atom stereocenters. The number of nitrogens with zero attached hydrogens (tertiary/aromatic N) is 1. The molecule has 1 radical (unpaired) electrons. The van der Waals surface area contributed by atoms with Gasteiger partial charge in [0.05, 0.1) is 5.76 Å². The summed E-state index contributed by atoms with van der Waals surface area (Å²) in [6.07, 6.45) is 13.3. The van der Waals surface area contributed by atoms with Crippen LogP contribution in [0.25, 0.3) is 32.1 Å². The van der Waals surface area contributed by atoms with E-state index in [-0.39, 0.29) is 48.9 Å². The Morgan fingerprint density at radius 2 is 0.951 bits per heavy atom. The van der Waals surface area contributed by atoms with Gasteiger partial charge in [-0.1, -0.05) is 215 Å². The van der Waals surface area contributed by atoms with Gasteiger partial charge in [0, 0.05) is 59.1 Å². The summed E-state index contributed by atoms with van der Waals surface area (Å²) in [4.78, 5) is 17.0. The van der Waals surface area contributed by atoms with Crippen LogP contribution in [0.4, 0.5) is 0 Å². The van der Waals surface area contributed by atoms with E-state index in [1.54, 1.807) is 0 Å². The fourth-order valence-corrected chi connectivity index (χ4v) is 20.0. The van der Waals surface area contributed by atoms with Crippen molar-refractivity contribution >= 4 is 66.1 Å². The third kappa shape index (κ3) is 17.6. The Kier molecular flexibility index (Phi) is 25.5. The first kappa shape index (κ1) is 68.3. The molecule has 0 aliphatic rings. The van der Waals surface area contributed by atoms with Crippen molar-refractivity contribution in [2.75, 3.05) is 0 Å². The van der Waals surface area contributed by atoms with Gasteiger partial charge in [-0.3, -0.25) is 9.78 Å². The molecule has 0 amide bonds. The number of thiophene rings is 1. The standard InChI is InChI=1S/C63H80NSSi.C13H24O2.Ir/c1-40(2)22-46-28-47(23-41(3)4)32-55(31-46)66(56-33-48(24-42(5)6)29-49(34-56)25-43(7)8,57-35-50(26-44(9)10)30-51(36-57)27-45(11)12)60-39-53-20-21-64-61(62(53)65-60)54-37-52-18-16-17-19-58(52)59(38-54)63(13,14)15;1-5-10(6-2)12(14)9-13(15)11(7-3)8-4;/h16-21,28-36,38-45H,22-27H2,1-15H3;9-11,14H,5-8H2,1-4H3;/q-1;;/b;12-9-;. The van der Waals surface area contributed by atoms with Crippen molar-refractivity contribution in [2.45, 2.75) is 201 Å². The molecule has 0 fully saturated rings. The van der Waals surface area contributed by atoms with Gasteiger partial charge in [0.1, 0.15) is 0 Å². The van der Waals surface area contributed by atoms with Crippen molar-refractivity contribution in [3.05, 3.63) is 160 Å². The van der Waals surface area contributed by atoms with E-state index >= 15 is 0 Å². The molecule has 5 aromatic carbocycles. The number of carbonyl (C=O) groups excluding carboxylic acids is 1. The zero-order valence-electron chi connectivity index (χ0n) is 54.1. The third-order valence-electron chi connectivity index (χ3n) is 16.0. The summed E-state index contributed by atoms with van der Waals surface area (Å²) < 4.78 is 2.76. The molecule has 0 aliphatic heterocycles. The van der Waals surface area contributed by atoms with Crippen molar-refractivity contribution in [3.8, 4) is 11.3 Å². The van der Waals surface area contributed by atoms with Crippen LogP contribution in [0.2, 0.25) is 0 Å². The second-order valence-electron chi connectivity index (χ2n) is 27.5. The molecule has 0 bridgehead atoms. The Bertz CT molecular complexity index is 2960. The number of carbonyl (C=O) groups is 1. The molecular formula is C76H104IrNO2SSi-. The molecule has 7 rings (SSSR count). The summed E-state index contributed by atoms with van der Waals surface area (Å²) in [5.74, 6) is 3.86. The van der Waals surface area contributed by atoms with Crippen molar-refractivity contribution in [2.24, 2.45) is 47.3 Å². The molecule has 0 saturated heterocycles. The van der Waals surface area contributed by atoms with Crippen LogP contribution < -0.4 is 20.1 Å². The summed E-state index contributed by atoms with van der Waals surface area (Å²) in [6.45, 7) is 43.7. The summed E-state index contributed by atoms with van der Waals surface area (Å²) in [5.41, 5.74) is 12.3. The van der Waals surface area contributed by atoms with Crippen molar-refractivity contribution in [1.29, 1.82) is 0 Å². The van der Waals surface area contributed by atoms with E-state index in [1.165, 1.54) is 80.6 Å². The van der Waals surface area contributed by atoms with Gasteiger partial charge in [-0.05, 0) is 172 Å². The van der Waals surface area contributed by atoms with E-state index in [0.29, 0.717) is 35.5 Å². The molecule has 6 heteroatoms. The van der Waals surface area contributed by atoms with Crippen LogP contribution in [0.1, 0.15) is 196 Å². The molecular weight excluding hydrogens is 1210 g/mol. The molecule has 7 aromatic rings. The first-order valence-corrected chi connectivity index (χ1v) is 34.3. The van der Waals surface area contributed by atoms with Gasteiger partial charge in [0.15, 0.2) is 13.9 Å². The number of hydrogen-bond donors (Lipinski definition) is 1. The minimum atomic E-state index is -3.11. The maximum atomic E-state index is 11.7. The van der Waals surface area contributed by atoms with Crippen LogP contribution in [-0.4, -0.2) is 23.9 Å². The molecule has 0 aliphatic carbocycles. The summed E-state index contributed by atoms with van der Waals surface area (Å²) >= 11 is 2.03. The molecule has 445 valence electrons. The number of pyridine rings is 1. The average molecular weight is 1320 g/mol. The van der Waals surface area contributed by atoms with Gasteiger partial charge >= 0.3 is 0 Å². The number of hydrogen-bond acceptors (Lipinski definition) is 4. The van der Waals surface area contributed by atoms with Crippen molar-refractivity contribution < 1.29 is 30.0 Å². The largest absolute Gasteiger partial charge is 0.512 e. The third-order valence-corrected chi connectivity index (χ3v) is 22.6. The Hall–Kier alpha value is -4.45. The quantitative estimate of drug-likeness (QED) is 0.0216. The number of aliphatic hydroxyl groups is 1. The molecule has 82 heavy (non-hydrogen) atoms. The van der Waals surface area contributed by atoms with E-state index < -0.39 is 8.07 Å². The molecule has 0 spiro atoms. The number of fused-ring (bicyclic) bond motifs is 2. The second kappa shape index (κ2) is 30.6. The Morgan fingerprint density at radius 1 is 0.561 bits per heavy atom. The van der Waals surface area contributed by atoms with E-state index in [9.17, 15) is 9.90 Å². The van der Waals surface area contributed by atoms with E-state index in [0.717, 1.165) is 80.9 Å². The van der Waals surface area contributed by atoms with Gasteiger partial charge < -0.3 is 5.11 Å². The molecule has 3 nitrogen and oxygen atoms in total. The Morgan fingerprint density at radius 3 is 1.32 bits per heavy atom. The van der Waals surface area contributed by atoms with Crippen molar-refractivity contribution in [3.63, 3.8) is 0 Å². The SMILES string of the molecule is CC(C)Cc1cc(CC(C)C)cc([Si](c2cc(CC(C)C)cc(CC(C)C)c2)(c2cc(CC(C)C)cc(CC(C)C)c2)c2cc3ccnc(-c4[c-]c5ccccc5c(C(C)(C)C)c4)c3s2)c1.CCC(CC)C(=O)/C=C(\O)C(CC)CC.[Ir]. The minimum absolute atomic E-state index is 0. The molecule has 0 unspecified atom stereocenters. The van der Waals surface area contributed by atoms with Crippen LogP contribution in [0.3, 0.4) is 0 Å². The molecule has 1 N–H and O–H groups in total. The number of ketones is 1. The topological polar surface area (TPSA) is 50.2 Å². The first-order chi connectivity index (χ1) is 38.3. The zero-order chi connectivity index (χ0) is 59.5. The monoisotopic (exact) mass is 1320 g/mol. The van der Waals surface area contributed by atoms with Crippen LogP contribution in [0.15, 0.2) is 115 Å². The van der Waals surface area contributed by atoms with E-state index in [2.05, 4.69) is 213 Å². The number of allylic oxidation sites excluding steroid dienone is 2. The molecule has 2 aromatic heterocycles. The van der Waals surface area contributed by atoms with Crippen molar-refractivity contribution in [1.82, 2.24) is 4.98 Å². The van der Waals surface area contributed by atoms with Crippen LogP contribution >= 0.6 is 11.3 Å². The average Bonchev–Trinajstić information content (AvgIpc) is 1.96. The van der Waals surface area contributed by atoms with E-state index in [4.69, 9.17) is 4.98 Å². The van der Waals surface area contributed by atoms with E-state index in [1.807, 2.05) is 39.0 Å². The predicted octanol–water partition coefficient (Wildman–Crippen LogP) is 18.6. The first-order valence-electron chi connectivity index (χ1n) is 31.5. The van der Waals surface area contributed by atoms with Gasteiger partial charge in [0.2, 0.25) is 0 Å². The summed E-state index contributed by atoms with van der Waals surface area (Å²) in [7, 11) is -3.11. The molecule has 0 saturated carbocycles. The Balaban J connectivity index is 0.000000675. The van der Waals surface area contributed by atoms with Crippen LogP contribution in [0, 0.1) is 53.4 Å². The van der Waals surface area contributed by atoms with Gasteiger partial charge in [-0.15, -0.1) is 40.5 Å². The summed E-state index contributed by atoms with van der Waals surface area (Å²) in [6, 6.07) is 43.7.